The quantitative estimate of drug-likeness (QED) is 0.662. The van der Waals surface area contributed by atoms with Gasteiger partial charge in [-0.3, -0.25) is 20.0 Å². The Morgan fingerprint density at radius 2 is 2.19 bits per heavy atom. The maximum Gasteiger partial charge on any atom is 0.295 e. The minimum Gasteiger partial charge on any atom is -0.317 e. The number of carbonyl (C=O) groups excluding carboxylic acids is 1. The third-order valence-corrected chi connectivity index (χ3v) is 2.66. The second-order valence-electron chi connectivity index (χ2n) is 4.57. The average Bonchev–Trinajstić information content (AvgIpc) is 2.90. The summed E-state index contributed by atoms with van der Waals surface area (Å²) in [5.74, 6) is -1.14. The number of non-ortho nitro benzene ring substituents is 1. The van der Waals surface area contributed by atoms with Gasteiger partial charge in [0, 0.05) is 12.0 Å². The molecule has 1 aromatic heterocycles. The van der Waals surface area contributed by atoms with E-state index < -0.39 is 22.3 Å². The van der Waals surface area contributed by atoms with Crippen LogP contribution >= 0.6 is 0 Å². The highest BCUT2D eigenvalue weighted by Crippen LogP contribution is 2.20. The average molecular weight is 293 g/mol. The van der Waals surface area contributed by atoms with Gasteiger partial charge in [0.2, 0.25) is 5.82 Å². The van der Waals surface area contributed by atoms with Crippen molar-refractivity contribution in [2.75, 3.05) is 5.32 Å². The molecule has 1 amide bonds. The zero-order chi connectivity index (χ0) is 15.6. The number of hydrogen-bond donors (Lipinski definition) is 2. The molecule has 2 N–H and O–H groups in total. The van der Waals surface area contributed by atoms with Gasteiger partial charge in [-0.05, 0) is 6.07 Å². The largest absolute Gasteiger partial charge is 0.317 e. The number of nitrogens with one attached hydrogen (secondary N) is 2. The van der Waals surface area contributed by atoms with Crippen molar-refractivity contribution in [3.63, 3.8) is 0 Å². The van der Waals surface area contributed by atoms with Gasteiger partial charge in [-0.1, -0.05) is 13.8 Å². The molecule has 9 heteroatoms. The Labute approximate surface area is 118 Å². The number of amides is 1. The molecule has 1 heterocycles. The first kappa shape index (κ1) is 14.6. The molecule has 0 fully saturated rings. The Hall–Kier alpha value is -2.84. The fourth-order valence-corrected chi connectivity index (χ4v) is 1.53. The van der Waals surface area contributed by atoms with Gasteiger partial charge in [0.25, 0.3) is 11.6 Å². The molecule has 0 aliphatic heterocycles. The summed E-state index contributed by atoms with van der Waals surface area (Å²) in [7, 11) is 0. The summed E-state index contributed by atoms with van der Waals surface area (Å²) in [5, 5.41) is 19.1. The third-order valence-electron chi connectivity index (χ3n) is 2.66. The number of nitrogens with zero attached hydrogens (tertiary/aromatic N) is 3. The number of H-pyrrole nitrogens is 1. The fourth-order valence-electron chi connectivity index (χ4n) is 1.53. The number of rotatable bonds is 4. The van der Waals surface area contributed by atoms with Gasteiger partial charge in [-0.2, -0.15) is 0 Å². The van der Waals surface area contributed by atoms with Crippen molar-refractivity contribution in [1.29, 1.82) is 0 Å². The molecule has 0 atom stereocenters. The molecule has 0 aliphatic carbocycles. The van der Waals surface area contributed by atoms with Crippen molar-refractivity contribution in [1.82, 2.24) is 15.2 Å². The summed E-state index contributed by atoms with van der Waals surface area (Å²) in [6, 6.07) is 2.94. The van der Waals surface area contributed by atoms with E-state index >= 15 is 0 Å². The number of nitro benzene ring substituents is 1. The van der Waals surface area contributed by atoms with Gasteiger partial charge >= 0.3 is 0 Å². The monoisotopic (exact) mass is 293 g/mol. The van der Waals surface area contributed by atoms with Crippen LogP contribution in [0.15, 0.2) is 18.2 Å². The van der Waals surface area contributed by atoms with Crippen LogP contribution in [0, 0.1) is 15.9 Å². The van der Waals surface area contributed by atoms with Crippen molar-refractivity contribution in [3.05, 3.63) is 45.8 Å². The van der Waals surface area contributed by atoms with Gasteiger partial charge in [0.1, 0.15) is 5.82 Å². The molecule has 0 unspecified atom stereocenters. The van der Waals surface area contributed by atoms with Crippen LogP contribution in [-0.4, -0.2) is 26.0 Å². The SMILES string of the molecule is CC(C)c1nc(C(=O)Nc2ccc([N+](=O)[O-])cc2F)n[nH]1. The lowest BCUT2D eigenvalue weighted by atomic mass is 10.2. The van der Waals surface area contributed by atoms with E-state index in [1.54, 1.807) is 0 Å². The Kier molecular flexibility index (Phi) is 3.92. The molecule has 0 saturated heterocycles. The van der Waals surface area contributed by atoms with Gasteiger partial charge < -0.3 is 5.32 Å². The molecule has 2 rings (SSSR count). The van der Waals surface area contributed by atoms with Crippen molar-refractivity contribution < 1.29 is 14.1 Å². The van der Waals surface area contributed by atoms with Gasteiger partial charge in [-0.15, -0.1) is 5.10 Å². The van der Waals surface area contributed by atoms with Crippen LogP contribution < -0.4 is 5.32 Å². The van der Waals surface area contributed by atoms with Crippen LogP contribution in [-0.2, 0) is 0 Å². The minimum absolute atomic E-state index is 0.0650. The van der Waals surface area contributed by atoms with E-state index in [1.807, 2.05) is 13.8 Å². The van der Waals surface area contributed by atoms with E-state index in [-0.39, 0.29) is 17.4 Å². The number of carbonyl (C=O) groups is 1. The normalized spacial score (nSPS) is 10.7. The molecule has 0 saturated carbocycles. The summed E-state index contributed by atoms with van der Waals surface area (Å²) in [6.45, 7) is 3.75. The second kappa shape index (κ2) is 5.65. The number of benzene rings is 1. The highest BCUT2D eigenvalue weighted by Gasteiger charge is 2.17. The van der Waals surface area contributed by atoms with Crippen LogP contribution in [0.5, 0.6) is 0 Å². The third kappa shape index (κ3) is 3.19. The summed E-state index contributed by atoms with van der Waals surface area (Å²) in [4.78, 5) is 25.6. The standard InChI is InChI=1S/C12H12FN5O3/c1-6(2)10-15-11(17-16-10)12(19)14-9-4-3-7(18(20)21)5-8(9)13/h3-6H,1-2H3,(H,14,19)(H,15,16,17). The molecule has 0 spiro atoms. The highest BCUT2D eigenvalue weighted by molar-refractivity contribution is 6.01. The van der Waals surface area contributed by atoms with Gasteiger partial charge in [0.15, 0.2) is 5.82 Å². The highest BCUT2D eigenvalue weighted by atomic mass is 19.1. The van der Waals surface area contributed by atoms with E-state index in [1.165, 1.54) is 0 Å². The Morgan fingerprint density at radius 3 is 2.71 bits per heavy atom. The Morgan fingerprint density at radius 1 is 1.48 bits per heavy atom. The maximum atomic E-state index is 13.7. The molecule has 8 nitrogen and oxygen atoms in total. The zero-order valence-electron chi connectivity index (χ0n) is 11.3. The van der Waals surface area contributed by atoms with E-state index in [0.717, 1.165) is 18.2 Å². The molecule has 2 aromatic rings. The molecular weight excluding hydrogens is 281 g/mol. The molecule has 0 aliphatic rings. The summed E-state index contributed by atoms with van der Waals surface area (Å²) >= 11 is 0. The van der Waals surface area contributed by atoms with Crippen LogP contribution in [0.25, 0.3) is 0 Å². The number of aromatic amines is 1. The first-order valence-corrected chi connectivity index (χ1v) is 6.06. The number of nitro groups is 1. The van der Waals surface area contributed by atoms with Crippen LogP contribution in [0.3, 0.4) is 0 Å². The van der Waals surface area contributed by atoms with Crippen LogP contribution in [0.1, 0.15) is 36.2 Å². The van der Waals surface area contributed by atoms with Crippen LogP contribution in [0.4, 0.5) is 15.8 Å². The molecule has 1 aromatic carbocycles. The molecular formula is C12H12FN5O3. The van der Waals surface area contributed by atoms with E-state index in [4.69, 9.17) is 0 Å². The fraction of sp³-hybridized carbons (Fsp3) is 0.250. The van der Waals surface area contributed by atoms with Gasteiger partial charge in [0.05, 0.1) is 16.7 Å². The number of hydrogen-bond acceptors (Lipinski definition) is 5. The predicted octanol–water partition coefficient (Wildman–Crippen LogP) is 2.23. The molecule has 110 valence electrons. The maximum absolute atomic E-state index is 13.7. The number of anilines is 1. The minimum atomic E-state index is -0.905. The second-order valence-corrected chi connectivity index (χ2v) is 4.57. The Bertz CT molecular complexity index is 698. The molecule has 21 heavy (non-hydrogen) atoms. The van der Waals surface area contributed by atoms with E-state index in [0.29, 0.717) is 5.82 Å². The van der Waals surface area contributed by atoms with Crippen molar-refractivity contribution in [2.45, 2.75) is 19.8 Å². The lowest BCUT2D eigenvalue weighted by Crippen LogP contribution is -2.15. The molecule has 0 bridgehead atoms. The van der Waals surface area contributed by atoms with E-state index in [2.05, 4.69) is 20.5 Å². The van der Waals surface area contributed by atoms with Crippen molar-refractivity contribution in [3.8, 4) is 0 Å². The predicted molar refractivity (Wildman–Crippen MR) is 71.5 cm³/mol. The van der Waals surface area contributed by atoms with Crippen molar-refractivity contribution in [2.24, 2.45) is 0 Å². The number of halogens is 1. The zero-order valence-corrected chi connectivity index (χ0v) is 11.3. The summed E-state index contributed by atoms with van der Waals surface area (Å²) in [6.07, 6.45) is 0. The lowest BCUT2D eigenvalue weighted by Gasteiger charge is -2.03. The van der Waals surface area contributed by atoms with E-state index in [9.17, 15) is 19.3 Å². The number of aromatic nitrogens is 3. The first-order chi connectivity index (χ1) is 9.88. The Balaban J connectivity index is 2.17. The van der Waals surface area contributed by atoms with Crippen LogP contribution in [0.2, 0.25) is 0 Å². The van der Waals surface area contributed by atoms with Crippen molar-refractivity contribution >= 4 is 17.3 Å². The smallest absolute Gasteiger partial charge is 0.295 e. The van der Waals surface area contributed by atoms with Gasteiger partial charge in [-0.25, -0.2) is 9.37 Å². The molecule has 0 radical (unpaired) electrons. The topological polar surface area (TPSA) is 114 Å². The summed E-state index contributed by atoms with van der Waals surface area (Å²) in [5.41, 5.74) is -0.577. The lowest BCUT2D eigenvalue weighted by molar-refractivity contribution is -0.385. The first-order valence-electron chi connectivity index (χ1n) is 6.06. The summed E-state index contributed by atoms with van der Waals surface area (Å²) < 4.78 is 13.7.